The summed E-state index contributed by atoms with van der Waals surface area (Å²) in [4.78, 5) is 15.4. The normalized spacial score (nSPS) is 15.5. The summed E-state index contributed by atoms with van der Waals surface area (Å²) in [7, 11) is 0. The minimum absolute atomic E-state index is 0.0437. The number of hydrogen-bond donors (Lipinski definition) is 0. The third-order valence-corrected chi connectivity index (χ3v) is 6.97. The van der Waals surface area contributed by atoms with Crippen LogP contribution in [0, 0.1) is 15.9 Å². The zero-order valence-electron chi connectivity index (χ0n) is 19.3. The van der Waals surface area contributed by atoms with E-state index in [0.717, 1.165) is 33.2 Å². The second kappa shape index (κ2) is 9.38. The van der Waals surface area contributed by atoms with E-state index in [4.69, 9.17) is 10.1 Å². The third kappa shape index (κ3) is 4.70. The zero-order valence-corrected chi connectivity index (χ0v) is 20.1. The monoisotopic (exact) mass is 486 g/mol. The molecule has 0 N–H and O–H groups in total. The quantitative estimate of drug-likeness (QED) is 0.211. The van der Waals surface area contributed by atoms with Crippen molar-refractivity contribution in [3.63, 3.8) is 0 Å². The first-order valence-corrected chi connectivity index (χ1v) is 12.2. The van der Waals surface area contributed by atoms with Crippen LogP contribution in [0.15, 0.2) is 83.3 Å². The number of aromatic nitrogens is 1. The Kier molecular flexibility index (Phi) is 6.13. The molecule has 1 atom stereocenters. The van der Waals surface area contributed by atoms with Gasteiger partial charge in [0.15, 0.2) is 0 Å². The van der Waals surface area contributed by atoms with E-state index in [1.807, 2.05) is 10.4 Å². The van der Waals surface area contributed by atoms with E-state index in [1.54, 1.807) is 24.3 Å². The molecule has 0 saturated heterocycles. The maximum Gasteiger partial charge on any atom is 0.269 e. The molecular weight excluding hydrogens is 463 g/mol. The number of thiazole rings is 1. The first-order chi connectivity index (χ1) is 16.9. The van der Waals surface area contributed by atoms with Gasteiger partial charge in [0.1, 0.15) is 5.82 Å². The summed E-state index contributed by atoms with van der Waals surface area (Å²) in [6.45, 7) is 4.34. The molecule has 1 unspecified atom stereocenters. The van der Waals surface area contributed by atoms with Gasteiger partial charge in [-0.15, -0.1) is 11.3 Å². The molecule has 1 aliphatic heterocycles. The van der Waals surface area contributed by atoms with E-state index >= 15 is 0 Å². The number of rotatable bonds is 6. The lowest BCUT2D eigenvalue weighted by atomic mass is 9.95. The SMILES string of the molecule is CC(C)c1ccc(C2CC(c3ccc(F)cc3)=NN2c2nc(-c3ccc([N+](=O)[O-])cc3)cs2)cc1. The molecule has 8 heteroatoms. The molecule has 2 heterocycles. The van der Waals surface area contributed by atoms with Crippen LogP contribution in [0.3, 0.4) is 0 Å². The Morgan fingerprint density at radius 2 is 1.66 bits per heavy atom. The molecule has 176 valence electrons. The fourth-order valence-corrected chi connectivity index (χ4v) is 4.96. The number of nitro groups is 1. The lowest BCUT2D eigenvalue weighted by Gasteiger charge is -2.21. The molecule has 4 aromatic rings. The first-order valence-electron chi connectivity index (χ1n) is 11.3. The lowest BCUT2D eigenvalue weighted by molar-refractivity contribution is -0.384. The highest BCUT2D eigenvalue weighted by Crippen LogP contribution is 2.39. The van der Waals surface area contributed by atoms with Crippen LogP contribution < -0.4 is 5.01 Å². The molecule has 0 amide bonds. The molecule has 0 radical (unpaired) electrons. The summed E-state index contributed by atoms with van der Waals surface area (Å²) < 4.78 is 13.5. The van der Waals surface area contributed by atoms with E-state index in [0.29, 0.717) is 12.3 Å². The molecule has 0 spiro atoms. The number of halogens is 1. The number of nitrogens with zero attached hydrogens (tertiary/aromatic N) is 4. The lowest BCUT2D eigenvalue weighted by Crippen LogP contribution is -2.18. The highest BCUT2D eigenvalue weighted by molar-refractivity contribution is 7.14. The first kappa shape index (κ1) is 22.9. The minimum atomic E-state index is -0.415. The summed E-state index contributed by atoms with van der Waals surface area (Å²) in [5, 5.41) is 20.5. The van der Waals surface area contributed by atoms with E-state index < -0.39 is 4.92 Å². The number of non-ortho nitro benzene ring substituents is 1. The number of anilines is 1. The van der Waals surface area contributed by atoms with E-state index in [-0.39, 0.29) is 17.5 Å². The second-order valence-corrected chi connectivity index (χ2v) is 9.60. The van der Waals surface area contributed by atoms with Gasteiger partial charge >= 0.3 is 0 Å². The Morgan fingerprint density at radius 3 is 2.29 bits per heavy atom. The molecule has 0 fully saturated rings. The molecule has 0 aliphatic carbocycles. The molecule has 1 aliphatic rings. The van der Waals surface area contributed by atoms with Gasteiger partial charge in [-0.25, -0.2) is 14.4 Å². The summed E-state index contributed by atoms with van der Waals surface area (Å²) in [5.74, 6) is 0.163. The van der Waals surface area contributed by atoms with Crippen molar-refractivity contribution >= 4 is 27.9 Å². The van der Waals surface area contributed by atoms with Gasteiger partial charge in [0.05, 0.1) is 22.4 Å². The van der Waals surface area contributed by atoms with Gasteiger partial charge < -0.3 is 0 Å². The van der Waals surface area contributed by atoms with Crippen molar-refractivity contribution in [1.82, 2.24) is 4.98 Å². The minimum Gasteiger partial charge on any atom is -0.258 e. The number of hydrazone groups is 1. The molecule has 0 saturated carbocycles. The Morgan fingerprint density at radius 1 is 1.00 bits per heavy atom. The van der Waals surface area contributed by atoms with Crippen molar-refractivity contribution in [1.29, 1.82) is 0 Å². The average Bonchev–Trinajstić information content (AvgIpc) is 3.52. The number of benzene rings is 3. The van der Waals surface area contributed by atoms with Crippen LogP contribution in [0.5, 0.6) is 0 Å². The van der Waals surface area contributed by atoms with Gasteiger partial charge in [-0.1, -0.05) is 50.2 Å². The van der Waals surface area contributed by atoms with Crippen molar-refractivity contribution in [3.8, 4) is 11.3 Å². The standard InChI is InChI=1S/C27H23FN4O2S/c1-17(2)18-3-5-21(6-4-18)26-15-24(19-7-11-22(28)12-8-19)30-31(26)27-29-25(16-35-27)20-9-13-23(14-10-20)32(33)34/h3-14,16-17,26H,15H2,1-2H3. The highest BCUT2D eigenvalue weighted by atomic mass is 32.1. The van der Waals surface area contributed by atoms with Crippen LogP contribution >= 0.6 is 11.3 Å². The molecule has 5 rings (SSSR count). The topological polar surface area (TPSA) is 71.6 Å². The van der Waals surface area contributed by atoms with Crippen molar-refractivity contribution in [2.24, 2.45) is 5.10 Å². The summed E-state index contributed by atoms with van der Waals surface area (Å²) in [6, 6.07) is 21.3. The fourth-order valence-electron chi connectivity index (χ4n) is 4.12. The van der Waals surface area contributed by atoms with Gasteiger partial charge in [-0.05, 0) is 46.9 Å². The fraction of sp³-hybridized carbons (Fsp3) is 0.185. The van der Waals surface area contributed by atoms with Gasteiger partial charge in [0.2, 0.25) is 5.13 Å². The van der Waals surface area contributed by atoms with Crippen LogP contribution in [0.4, 0.5) is 15.2 Å². The van der Waals surface area contributed by atoms with Crippen LogP contribution in [0.1, 0.15) is 48.9 Å². The molecule has 0 bridgehead atoms. The Labute approximate surface area is 206 Å². The van der Waals surface area contributed by atoms with Crippen molar-refractivity contribution < 1.29 is 9.31 Å². The molecule has 1 aromatic heterocycles. The Hall–Kier alpha value is -3.91. The molecular formula is C27H23FN4O2S. The van der Waals surface area contributed by atoms with E-state index in [1.165, 1.54) is 41.2 Å². The maximum atomic E-state index is 13.5. The Balaban J connectivity index is 1.50. The van der Waals surface area contributed by atoms with Crippen molar-refractivity contribution in [2.75, 3.05) is 5.01 Å². The smallest absolute Gasteiger partial charge is 0.258 e. The largest absolute Gasteiger partial charge is 0.269 e. The van der Waals surface area contributed by atoms with Gasteiger partial charge in [0, 0.05) is 29.5 Å². The van der Waals surface area contributed by atoms with Crippen LogP contribution in [-0.4, -0.2) is 15.6 Å². The predicted molar refractivity (Wildman–Crippen MR) is 138 cm³/mol. The van der Waals surface area contributed by atoms with Gasteiger partial charge in [0.25, 0.3) is 5.69 Å². The van der Waals surface area contributed by atoms with Crippen LogP contribution in [0.25, 0.3) is 11.3 Å². The van der Waals surface area contributed by atoms with E-state index in [9.17, 15) is 14.5 Å². The summed E-state index contributed by atoms with van der Waals surface area (Å²) in [6.07, 6.45) is 0.666. The van der Waals surface area contributed by atoms with Crippen LogP contribution in [0.2, 0.25) is 0 Å². The summed E-state index contributed by atoms with van der Waals surface area (Å²) >= 11 is 1.47. The van der Waals surface area contributed by atoms with Crippen molar-refractivity contribution in [3.05, 3.63) is 111 Å². The van der Waals surface area contributed by atoms with Gasteiger partial charge in [-0.3, -0.25) is 10.1 Å². The zero-order chi connectivity index (χ0) is 24.5. The Bertz CT molecular complexity index is 1380. The third-order valence-electron chi connectivity index (χ3n) is 6.14. The molecule has 3 aromatic carbocycles. The number of hydrogen-bond acceptors (Lipinski definition) is 6. The molecule has 35 heavy (non-hydrogen) atoms. The maximum absolute atomic E-state index is 13.5. The highest BCUT2D eigenvalue weighted by Gasteiger charge is 2.32. The predicted octanol–water partition coefficient (Wildman–Crippen LogP) is 7.34. The second-order valence-electron chi connectivity index (χ2n) is 8.76. The number of nitro benzene ring substituents is 1. The van der Waals surface area contributed by atoms with Crippen molar-refractivity contribution in [2.45, 2.75) is 32.2 Å². The van der Waals surface area contributed by atoms with Crippen LogP contribution in [-0.2, 0) is 0 Å². The summed E-state index contributed by atoms with van der Waals surface area (Å²) in [5.41, 5.74) is 5.73. The molecule has 6 nitrogen and oxygen atoms in total. The van der Waals surface area contributed by atoms with Gasteiger partial charge in [-0.2, -0.15) is 5.10 Å². The average molecular weight is 487 g/mol. The van der Waals surface area contributed by atoms with E-state index in [2.05, 4.69) is 38.1 Å².